The number of benzene rings is 1. The second-order valence-electron chi connectivity index (χ2n) is 7.79. The van der Waals surface area contributed by atoms with Gasteiger partial charge in [0, 0.05) is 43.9 Å². The minimum absolute atomic E-state index is 0.00965. The topological polar surface area (TPSA) is 91.1 Å². The first-order chi connectivity index (χ1) is 13.9. The van der Waals surface area contributed by atoms with Gasteiger partial charge in [0.2, 0.25) is 0 Å². The number of carboxylic acids is 1. The predicted octanol–water partition coefficient (Wildman–Crippen LogP) is 1.85. The quantitative estimate of drug-likeness (QED) is 0.619. The number of ether oxygens (including phenoxy) is 1. The third kappa shape index (κ3) is 3.32. The van der Waals surface area contributed by atoms with E-state index < -0.39 is 17.6 Å². The van der Waals surface area contributed by atoms with Crippen molar-refractivity contribution in [3.63, 3.8) is 0 Å². The number of carbonyl (C=O) groups is 1. The van der Waals surface area contributed by atoms with Crippen molar-refractivity contribution in [2.45, 2.75) is 44.4 Å². The van der Waals surface area contributed by atoms with Crippen molar-refractivity contribution in [3.8, 4) is 0 Å². The van der Waals surface area contributed by atoms with Crippen LogP contribution in [0.15, 0.2) is 11.8 Å². The van der Waals surface area contributed by atoms with Gasteiger partial charge in [0.05, 0.1) is 29.1 Å². The fraction of sp³-hybridized carbons (Fsp3) is 0.550. The molecule has 2 fully saturated rings. The Labute approximate surface area is 168 Å². The normalized spacial score (nSPS) is 23.9. The highest BCUT2D eigenvalue weighted by atomic mass is 19.1. The van der Waals surface area contributed by atoms with Gasteiger partial charge in [0.25, 0.3) is 0 Å². The van der Waals surface area contributed by atoms with Crippen molar-refractivity contribution in [1.82, 2.24) is 5.32 Å². The zero-order valence-electron chi connectivity index (χ0n) is 16.5. The molecular formula is C20H26F2N4O3. The lowest BCUT2D eigenvalue weighted by Crippen LogP contribution is -2.38. The first-order valence-corrected chi connectivity index (χ1v) is 9.92. The zero-order valence-corrected chi connectivity index (χ0v) is 16.5. The smallest absolute Gasteiger partial charge is 0.333 e. The summed E-state index contributed by atoms with van der Waals surface area (Å²) in [6.45, 7) is 3.11. The fourth-order valence-electron chi connectivity index (χ4n) is 4.31. The molecule has 1 aromatic carbocycles. The molecular weight excluding hydrogens is 382 g/mol. The standard InChI is InChI=1S/C20H26F2N4O3/c1-3-29-14-9-25(8-13(14)24-2)19-15(21)17(23)12-6-10(20(27)28)7-26(11-4-5-11)18(12)16(19)22/h7,11,13-14,24H,3-6,8-9,23H2,1-2H3,(H,27,28)/t13-,14+/m1/s1. The van der Waals surface area contributed by atoms with E-state index in [1.807, 2.05) is 6.92 Å². The van der Waals surface area contributed by atoms with Gasteiger partial charge in [0.1, 0.15) is 5.69 Å². The Hall–Kier alpha value is -2.39. The van der Waals surface area contributed by atoms with Crippen LogP contribution in [0.1, 0.15) is 25.3 Å². The average molecular weight is 408 g/mol. The predicted molar refractivity (Wildman–Crippen MR) is 106 cm³/mol. The molecule has 1 saturated heterocycles. The molecule has 3 aliphatic rings. The summed E-state index contributed by atoms with van der Waals surface area (Å²) >= 11 is 0. The van der Waals surface area contributed by atoms with Crippen LogP contribution in [0, 0.1) is 11.6 Å². The SMILES string of the molecule is CCO[C@H]1CN(c2c(F)c(N)c3c(c2F)N(C2CC2)C=C(C(=O)O)C3)C[C@H]1NC. The molecule has 2 aliphatic heterocycles. The van der Waals surface area contributed by atoms with E-state index in [1.54, 1.807) is 16.8 Å². The number of nitrogens with zero attached hydrogens (tertiary/aromatic N) is 2. The maximum Gasteiger partial charge on any atom is 0.333 e. The summed E-state index contributed by atoms with van der Waals surface area (Å²) in [6, 6.07) is -0.0560. The van der Waals surface area contributed by atoms with Crippen molar-refractivity contribution in [3.05, 3.63) is 29.0 Å². The van der Waals surface area contributed by atoms with Crippen LogP contribution in [0.5, 0.6) is 0 Å². The van der Waals surface area contributed by atoms with Crippen molar-refractivity contribution in [1.29, 1.82) is 0 Å². The number of halogens is 2. The molecule has 0 aromatic heterocycles. The second kappa shape index (κ2) is 7.46. The number of hydrogen-bond donors (Lipinski definition) is 3. The van der Waals surface area contributed by atoms with Crippen molar-refractivity contribution < 1.29 is 23.4 Å². The van der Waals surface area contributed by atoms with Crippen LogP contribution in [-0.4, -0.2) is 56.0 Å². The molecule has 0 amide bonds. The Morgan fingerprint density at radius 2 is 2.03 bits per heavy atom. The number of rotatable bonds is 6. The second-order valence-corrected chi connectivity index (χ2v) is 7.79. The molecule has 1 aromatic rings. The highest BCUT2D eigenvalue weighted by Gasteiger charge is 2.41. The molecule has 2 heterocycles. The maximum atomic E-state index is 15.7. The number of fused-ring (bicyclic) bond motifs is 1. The van der Waals surface area contributed by atoms with Gasteiger partial charge >= 0.3 is 5.97 Å². The molecule has 0 radical (unpaired) electrons. The number of nitrogen functional groups attached to an aromatic ring is 1. The van der Waals surface area contributed by atoms with E-state index in [2.05, 4.69) is 5.32 Å². The fourth-order valence-corrected chi connectivity index (χ4v) is 4.31. The maximum absolute atomic E-state index is 15.7. The molecule has 0 unspecified atom stereocenters. The third-order valence-corrected chi connectivity index (χ3v) is 5.94. The molecule has 4 rings (SSSR count). The van der Waals surface area contributed by atoms with Gasteiger partial charge in [-0.05, 0) is 26.8 Å². The van der Waals surface area contributed by atoms with Gasteiger partial charge < -0.3 is 30.7 Å². The van der Waals surface area contributed by atoms with Crippen LogP contribution >= 0.6 is 0 Å². The Kier molecular flexibility index (Phi) is 5.12. The monoisotopic (exact) mass is 408 g/mol. The minimum Gasteiger partial charge on any atom is -0.478 e. The molecule has 0 spiro atoms. The Morgan fingerprint density at radius 1 is 1.31 bits per heavy atom. The molecule has 9 heteroatoms. The molecule has 0 bridgehead atoms. The molecule has 1 saturated carbocycles. The zero-order chi connectivity index (χ0) is 20.9. The van der Waals surface area contributed by atoms with Crippen LogP contribution in [0.2, 0.25) is 0 Å². The number of carboxylic acid groups (broad SMARTS) is 1. The minimum atomic E-state index is -1.11. The highest BCUT2D eigenvalue weighted by molar-refractivity contribution is 5.91. The van der Waals surface area contributed by atoms with E-state index in [4.69, 9.17) is 10.5 Å². The molecule has 4 N–H and O–H groups in total. The van der Waals surface area contributed by atoms with Gasteiger partial charge in [-0.15, -0.1) is 0 Å². The van der Waals surface area contributed by atoms with Crippen LogP contribution in [0.3, 0.4) is 0 Å². The number of likely N-dealkylation sites (N-methyl/N-ethyl adjacent to an activating group) is 1. The average Bonchev–Trinajstić information content (AvgIpc) is 3.47. The van der Waals surface area contributed by atoms with E-state index in [-0.39, 0.29) is 52.8 Å². The van der Waals surface area contributed by atoms with Gasteiger partial charge in [-0.3, -0.25) is 0 Å². The summed E-state index contributed by atoms with van der Waals surface area (Å²) in [5, 5.41) is 12.6. The van der Waals surface area contributed by atoms with E-state index >= 15 is 8.78 Å². The molecule has 29 heavy (non-hydrogen) atoms. The Morgan fingerprint density at radius 3 is 2.62 bits per heavy atom. The van der Waals surface area contributed by atoms with Crippen molar-refractivity contribution >= 4 is 23.0 Å². The molecule has 2 atom stereocenters. The summed E-state index contributed by atoms with van der Waals surface area (Å²) in [4.78, 5) is 14.8. The number of hydrogen-bond acceptors (Lipinski definition) is 6. The summed E-state index contributed by atoms with van der Waals surface area (Å²) in [5.41, 5.74) is 6.22. The third-order valence-electron chi connectivity index (χ3n) is 5.94. The first-order valence-electron chi connectivity index (χ1n) is 9.92. The van der Waals surface area contributed by atoms with Crippen molar-refractivity contribution in [2.24, 2.45) is 0 Å². The van der Waals surface area contributed by atoms with Gasteiger partial charge in [-0.2, -0.15) is 0 Å². The van der Waals surface area contributed by atoms with Gasteiger partial charge in [-0.25, -0.2) is 13.6 Å². The van der Waals surface area contributed by atoms with Crippen LogP contribution in [-0.2, 0) is 16.0 Å². The van der Waals surface area contributed by atoms with E-state index in [1.165, 1.54) is 6.20 Å². The van der Waals surface area contributed by atoms with Crippen LogP contribution in [0.4, 0.5) is 25.8 Å². The van der Waals surface area contributed by atoms with Gasteiger partial charge in [0.15, 0.2) is 11.6 Å². The lowest BCUT2D eigenvalue weighted by Gasteiger charge is -2.32. The number of nitrogens with two attached hydrogens (primary N) is 1. The first kappa shape index (κ1) is 19.9. The lowest BCUT2D eigenvalue weighted by atomic mass is 9.95. The van der Waals surface area contributed by atoms with Crippen LogP contribution in [0.25, 0.3) is 0 Å². The Bertz CT molecular complexity index is 872. The van der Waals surface area contributed by atoms with E-state index in [9.17, 15) is 9.90 Å². The van der Waals surface area contributed by atoms with Gasteiger partial charge in [-0.1, -0.05) is 0 Å². The Balaban J connectivity index is 1.79. The highest BCUT2D eigenvalue weighted by Crippen LogP contribution is 2.47. The van der Waals surface area contributed by atoms with Crippen molar-refractivity contribution in [2.75, 3.05) is 42.3 Å². The summed E-state index contributed by atoms with van der Waals surface area (Å²) < 4.78 is 36.7. The van der Waals surface area contributed by atoms with E-state index in [0.29, 0.717) is 19.7 Å². The van der Waals surface area contributed by atoms with Crippen LogP contribution < -0.4 is 20.9 Å². The number of aliphatic carboxylic acids is 1. The summed E-state index contributed by atoms with van der Waals surface area (Å²) in [5.74, 6) is -2.64. The lowest BCUT2D eigenvalue weighted by molar-refractivity contribution is -0.132. The largest absolute Gasteiger partial charge is 0.478 e. The summed E-state index contributed by atoms with van der Waals surface area (Å²) in [6.07, 6.45) is 2.82. The van der Waals surface area contributed by atoms with E-state index in [0.717, 1.165) is 12.8 Å². The summed E-state index contributed by atoms with van der Waals surface area (Å²) in [7, 11) is 1.79. The molecule has 158 valence electrons. The molecule has 1 aliphatic carbocycles. The number of anilines is 3. The molecule has 7 nitrogen and oxygen atoms in total. The number of nitrogens with one attached hydrogen (secondary N) is 1.